The van der Waals surface area contributed by atoms with Crippen molar-refractivity contribution in [1.82, 2.24) is 14.6 Å². The molecule has 1 saturated carbocycles. The number of hydrogen-bond acceptors (Lipinski definition) is 8. The van der Waals surface area contributed by atoms with E-state index in [1.165, 1.54) is 23.3 Å². The first-order valence-electron chi connectivity index (χ1n) is 12.3. The number of methoxy groups -OCH3 is 1. The third-order valence-corrected chi connectivity index (χ3v) is 9.07. The van der Waals surface area contributed by atoms with Gasteiger partial charge in [-0.15, -0.1) is 11.3 Å². The maximum Gasteiger partial charge on any atom is 0.284 e. The molecular formula is C27H31N3O6S2. The molecule has 0 saturated heterocycles. The summed E-state index contributed by atoms with van der Waals surface area (Å²) < 4.78 is 31.7. The molecule has 1 atom stereocenters. The summed E-state index contributed by atoms with van der Waals surface area (Å²) in [6.07, 6.45) is 1.10. The SMILES string of the molecule is COc1ccc([C@@H](O)C(=O)N(CCCc2ccccc2)Cc2nc(C(=O)NS(=O)(=O)C3CC3)c(C)s2)cc1. The summed E-state index contributed by atoms with van der Waals surface area (Å²) in [6, 6.07) is 16.5. The van der Waals surface area contributed by atoms with Crippen LogP contribution in [0.3, 0.4) is 0 Å². The van der Waals surface area contributed by atoms with E-state index in [1.54, 1.807) is 31.2 Å². The molecule has 0 unspecified atom stereocenters. The van der Waals surface area contributed by atoms with Gasteiger partial charge in [0.2, 0.25) is 10.0 Å². The molecule has 1 aliphatic carbocycles. The molecule has 38 heavy (non-hydrogen) atoms. The third kappa shape index (κ3) is 6.97. The van der Waals surface area contributed by atoms with Crippen molar-refractivity contribution in [3.8, 4) is 5.75 Å². The molecule has 1 heterocycles. The van der Waals surface area contributed by atoms with E-state index in [-0.39, 0.29) is 12.2 Å². The average molecular weight is 558 g/mol. The highest BCUT2D eigenvalue weighted by Gasteiger charge is 2.37. The molecular weight excluding hydrogens is 526 g/mol. The third-order valence-electron chi connectivity index (χ3n) is 6.29. The van der Waals surface area contributed by atoms with Gasteiger partial charge < -0.3 is 14.7 Å². The molecule has 0 radical (unpaired) electrons. The van der Waals surface area contributed by atoms with Gasteiger partial charge in [0.15, 0.2) is 6.10 Å². The second kappa shape index (κ2) is 12.1. The van der Waals surface area contributed by atoms with E-state index in [4.69, 9.17) is 4.74 Å². The Morgan fingerprint density at radius 1 is 1.16 bits per heavy atom. The van der Waals surface area contributed by atoms with Crippen molar-refractivity contribution < 1.29 is 27.9 Å². The van der Waals surface area contributed by atoms with Crippen molar-refractivity contribution in [2.45, 2.75) is 50.5 Å². The summed E-state index contributed by atoms with van der Waals surface area (Å²) in [6.45, 7) is 2.12. The van der Waals surface area contributed by atoms with Crippen LogP contribution in [0.15, 0.2) is 54.6 Å². The quantitative estimate of drug-likeness (QED) is 0.350. The maximum absolute atomic E-state index is 13.4. The van der Waals surface area contributed by atoms with E-state index in [2.05, 4.69) is 9.71 Å². The standard InChI is InChI=1S/C27H31N3O6S2/c1-18-24(26(32)29-38(34,35)22-14-15-22)28-23(37-18)17-30(16-6-9-19-7-4-3-5-8-19)27(33)25(31)20-10-12-21(36-2)13-11-20/h3-5,7-8,10-13,22,25,31H,6,9,14-17H2,1-2H3,(H,29,32)/t25-/m1/s1. The van der Waals surface area contributed by atoms with Crippen molar-refractivity contribution >= 4 is 33.2 Å². The number of aliphatic hydroxyl groups excluding tert-OH is 1. The Kier molecular flexibility index (Phi) is 8.80. The van der Waals surface area contributed by atoms with E-state index in [1.807, 2.05) is 30.3 Å². The van der Waals surface area contributed by atoms with Crippen molar-refractivity contribution in [3.63, 3.8) is 0 Å². The molecule has 2 aromatic carbocycles. The number of nitrogens with one attached hydrogen (secondary N) is 1. The second-order valence-corrected chi connectivity index (χ2v) is 12.5. The zero-order valence-electron chi connectivity index (χ0n) is 21.3. The number of aliphatic hydroxyl groups is 1. The van der Waals surface area contributed by atoms with Gasteiger partial charge in [0.25, 0.3) is 11.8 Å². The first kappa shape index (κ1) is 27.7. The fraction of sp³-hybridized carbons (Fsp3) is 0.370. The first-order valence-corrected chi connectivity index (χ1v) is 14.7. The number of carbonyl (C=O) groups excluding carboxylic acids is 2. The molecule has 0 spiro atoms. The minimum atomic E-state index is -3.71. The normalized spacial score (nSPS) is 14.1. The lowest BCUT2D eigenvalue weighted by Gasteiger charge is -2.25. The van der Waals surface area contributed by atoms with Crippen LogP contribution in [-0.2, 0) is 27.8 Å². The number of rotatable bonds is 12. The largest absolute Gasteiger partial charge is 0.497 e. The highest BCUT2D eigenvalue weighted by molar-refractivity contribution is 7.91. The highest BCUT2D eigenvalue weighted by Crippen LogP contribution is 2.28. The van der Waals surface area contributed by atoms with Crippen LogP contribution in [-0.4, -0.2) is 54.1 Å². The number of sulfonamides is 1. The molecule has 0 aliphatic heterocycles. The molecule has 202 valence electrons. The summed E-state index contributed by atoms with van der Waals surface area (Å²) in [5, 5.41) is 10.8. The second-order valence-electron chi connectivity index (χ2n) is 9.21. The zero-order chi connectivity index (χ0) is 27.3. The zero-order valence-corrected chi connectivity index (χ0v) is 22.9. The van der Waals surface area contributed by atoms with Crippen LogP contribution < -0.4 is 9.46 Å². The van der Waals surface area contributed by atoms with Gasteiger partial charge in [-0.1, -0.05) is 42.5 Å². The Bertz CT molecular complexity index is 1370. The Balaban J connectivity index is 1.50. The predicted octanol–water partition coefficient (Wildman–Crippen LogP) is 3.38. The Hall–Kier alpha value is -3.28. The summed E-state index contributed by atoms with van der Waals surface area (Å²) in [5.74, 6) is -0.642. The van der Waals surface area contributed by atoms with Crippen molar-refractivity contribution in [1.29, 1.82) is 0 Å². The van der Waals surface area contributed by atoms with Crippen LogP contribution in [0.4, 0.5) is 0 Å². The Morgan fingerprint density at radius 3 is 2.47 bits per heavy atom. The van der Waals surface area contributed by atoms with Crippen molar-refractivity contribution in [2.24, 2.45) is 0 Å². The number of benzene rings is 2. The average Bonchev–Trinajstić information content (AvgIpc) is 3.71. The molecule has 2 N–H and O–H groups in total. The molecule has 3 aromatic rings. The van der Waals surface area contributed by atoms with Gasteiger partial charge in [0.05, 0.1) is 18.9 Å². The molecule has 1 aliphatic rings. The maximum atomic E-state index is 13.4. The van der Waals surface area contributed by atoms with E-state index in [0.29, 0.717) is 47.0 Å². The number of carbonyl (C=O) groups is 2. The van der Waals surface area contributed by atoms with E-state index in [9.17, 15) is 23.1 Å². The summed E-state index contributed by atoms with van der Waals surface area (Å²) in [4.78, 5) is 32.5. The summed E-state index contributed by atoms with van der Waals surface area (Å²) >= 11 is 1.22. The summed E-state index contributed by atoms with van der Waals surface area (Å²) in [7, 11) is -2.17. The first-order chi connectivity index (χ1) is 18.2. The van der Waals surface area contributed by atoms with Gasteiger partial charge in [-0.3, -0.25) is 9.59 Å². The number of aromatic nitrogens is 1. The highest BCUT2D eigenvalue weighted by atomic mass is 32.2. The lowest BCUT2D eigenvalue weighted by Crippen LogP contribution is -2.36. The van der Waals surface area contributed by atoms with Gasteiger partial charge >= 0.3 is 0 Å². The molecule has 11 heteroatoms. The minimum absolute atomic E-state index is 0.0293. The van der Waals surface area contributed by atoms with E-state index in [0.717, 1.165) is 12.0 Å². The van der Waals surface area contributed by atoms with Crippen LogP contribution in [0.1, 0.15) is 56.9 Å². The van der Waals surface area contributed by atoms with Crippen LogP contribution >= 0.6 is 11.3 Å². The van der Waals surface area contributed by atoms with Gasteiger partial charge in [-0.25, -0.2) is 18.1 Å². The van der Waals surface area contributed by atoms with Crippen LogP contribution in [0.2, 0.25) is 0 Å². The van der Waals surface area contributed by atoms with Gasteiger partial charge in [-0.2, -0.15) is 0 Å². The Morgan fingerprint density at radius 2 is 1.84 bits per heavy atom. The smallest absolute Gasteiger partial charge is 0.284 e. The van der Waals surface area contributed by atoms with Crippen LogP contribution in [0.5, 0.6) is 5.75 Å². The molecule has 1 fully saturated rings. The fourth-order valence-corrected chi connectivity index (χ4v) is 6.24. The van der Waals surface area contributed by atoms with Gasteiger partial charge in [-0.05, 0) is 55.9 Å². The lowest BCUT2D eigenvalue weighted by atomic mass is 10.1. The molecule has 2 amide bonds. The number of thiazole rings is 1. The van der Waals surface area contributed by atoms with Crippen molar-refractivity contribution in [3.05, 3.63) is 81.3 Å². The lowest BCUT2D eigenvalue weighted by molar-refractivity contribution is -0.141. The predicted molar refractivity (Wildman–Crippen MR) is 144 cm³/mol. The molecule has 1 aromatic heterocycles. The molecule has 9 nitrogen and oxygen atoms in total. The van der Waals surface area contributed by atoms with Gasteiger partial charge in [0, 0.05) is 11.4 Å². The van der Waals surface area contributed by atoms with E-state index < -0.39 is 33.2 Å². The van der Waals surface area contributed by atoms with E-state index >= 15 is 0 Å². The number of hydrogen-bond donors (Lipinski definition) is 2. The minimum Gasteiger partial charge on any atom is -0.497 e. The topological polar surface area (TPSA) is 126 Å². The number of ether oxygens (including phenoxy) is 1. The van der Waals surface area contributed by atoms with Crippen LogP contribution in [0.25, 0.3) is 0 Å². The monoisotopic (exact) mass is 557 g/mol. The van der Waals surface area contributed by atoms with Crippen molar-refractivity contribution in [2.75, 3.05) is 13.7 Å². The number of amides is 2. The fourth-order valence-electron chi connectivity index (χ4n) is 4.02. The summed E-state index contributed by atoms with van der Waals surface area (Å²) in [5.41, 5.74) is 1.60. The molecule has 4 rings (SSSR count). The number of nitrogens with zero attached hydrogens (tertiary/aromatic N) is 2. The van der Waals surface area contributed by atoms with Crippen LogP contribution in [0, 0.1) is 6.92 Å². The van der Waals surface area contributed by atoms with Gasteiger partial charge in [0.1, 0.15) is 16.5 Å². The Labute approximate surface area is 226 Å². The number of aryl methyl sites for hydroxylation is 2. The molecule has 0 bridgehead atoms.